The van der Waals surface area contributed by atoms with E-state index in [9.17, 15) is 13.2 Å². The first-order valence-corrected chi connectivity index (χ1v) is 12.2. The lowest BCUT2D eigenvalue weighted by Crippen LogP contribution is -2.33. The number of nitrogens with one attached hydrogen (secondary N) is 1. The summed E-state index contributed by atoms with van der Waals surface area (Å²) >= 11 is 0. The van der Waals surface area contributed by atoms with Crippen molar-refractivity contribution in [2.24, 2.45) is 0 Å². The van der Waals surface area contributed by atoms with Crippen molar-refractivity contribution in [3.05, 3.63) is 65.2 Å². The lowest BCUT2D eigenvalue weighted by Gasteiger charge is -2.24. The second-order valence-corrected chi connectivity index (χ2v) is 10.8. The van der Waals surface area contributed by atoms with E-state index in [1.54, 1.807) is 6.07 Å². The molecule has 2 aromatic carbocycles. The van der Waals surface area contributed by atoms with Crippen molar-refractivity contribution in [2.75, 3.05) is 17.1 Å². The van der Waals surface area contributed by atoms with Gasteiger partial charge in [0.25, 0.3) is 0 Å². The van der Waals surface area contributed by atoms with E-state index in [0.29, 0.717) is 12.1 Å². The summed E-state index contributed by atoms with van der Waals surface area (Å²) < 4.78 is 25.9. The van der Waals surface area contributed by atoms with Crippen LogP contribution in [0.4, 0.5) is 5.69 Å². The highest BCUT2D eigenvalue weighted by atomic mass is 32.2. The van der Waals surface area contributed by atoms with E-state index in [1.807, 2.05) is 32.0 Å². The fourth-order valence-electron chi connectivity index (χ4n) is 3.36. The zero-order valence-electron chi connectivity index (χ0n) is 18.9. The first-order valence-electron chi connectivity index (χ1n) is 10.3. The Hall–Kier alpha value is -2.34. The van der Waals surface area contributed by atoms with Gasteiger partial charge in [-0.25, -0.2) is 8.42 Å². The quantitative estimate of drug-likeness (QED) is 0.659. The predicted molar refractivity (Wildman–Crippen MR) is 124 cm³/mol. The van der Waals surface area contributed by atoms with E-state index in [1.165, 1.54) is 16.1 Å². The maximum Gasteiger partial charge on any atom is 0.232 e. The molecule has 2 rings (SSSR count). The maximum atomic E-state index is 12.4. The zero-order chi connectivity index (χ0) is 22.5. The number of hydrogen-bond acceptors (Lipinski definition) is 3. The molecule has 0 aliphatic rings. The Morgan fingerprint density at radius 2 is 1.67 bits per heavy atom. The summed E-state index contributed by atoms with van der Waals surface area (Å²) in [6.45, 7) is 10.6. The SMILES string of the molecule is Cc1ccccc1N(CCCC(=O)N[C@H](C)c1ccc(C(C)(C)C)cc1)S(C)(=O)=O. The molecular formula is C24H34N2O3S. The van der Waals surface area contributed by atoms with Gasteiger partial charge in [0.2, 0.25) is 15.9 Å². The van der Waals surface area contributed by atoms with E-state index in [0.717, 1.165) is 11.1 Å². The summed E-state index contributed by atoms with van der Waals surface area (Å²) in [5, 5.41) is 3.01. The van der Waals surface area contributed by atoms with Crippen LogP contribution in [0.15, 0.2) is 48.5 Å². The molecule has 2 aromatic rings. The number of anilines is 1. The Morgan fingerprint density at radius 1 is 1.07 bits per heavy atom. The molecule has 0 spiro atoms. The van der Waals surface area contributed by atoms with Crippen molar-refractivity contribution in [1.82, 2.24) is 5.32 Å². The standard InChI is InChI=1S/C24H34N2O3S/c1-18-10-7-8-11-22(18)26(30(6,28)29)17-9-12-23(27)25-19(2)20-13-15-21(16-14-20)24(3,4)5/h7-8,10-11,13-16,19H,9,12,17H2,1-6H3,(H,25,27)/t19-/m1/s1. The summed E-state index contributed by atoms with van der Waals surface area (Å²) in [6, 6.07) is 15.6. The van der Waals surface area contributed by atoms with Gasteiger partial charge in [0.15, 0.2) is 0 Å². The van der Waals surface area contributed by atoms with Crippen molar-refractivity contribution in [3.8, 4) is 0 Å². The average Bonchev–Trinajstić information content (AvgIpc) is 2.64. The fourth-order valence-corrected chi connectivity index (χ4v) is 4.38. The summed E-state index contributed by atoms with van der Waals surface area (Å²) in [4.78, 5) is 12.4. The molecule has 0 saturated carbocycles. The summed E-state index contributed by atoms with van der Waals surface area (Å²) in [5.41, 5.74) is 3.94. The molecule has 0 bridgehead atoms. The Bertz CT molecular complexity index is 961. The van der Waals surface area contributed by atoms with Gasteiger partial charge in [0.1, 0.15) is 0 Å². The monoisotopic (exact) mass is 430 g/mol. The molecule has 1 amide bonds. The molecule has 0 saturated heterocycles. The molecule has 164 valence electrons. The molecule has 0 radical (unpaired) electrons. The number of aryl methyl sites for hydroxylation is 1. The average molecular weight is 431 g/mol. The summed E-state index contributed by atoms with van der Waals surface area (Å²) in [7, 11) is -3.42. The second kappa shape index (κ2) is 9.65. The molecule has 1 N–H and O–H groups in total. The van der Waals surface area contributed by atoms with E-state index < -0.39 is 10.0 Å². The van der Waals surface area contributed by atoms with Crippen LogP contribution in [0.3, 0.4) is 0 Å². The summed E-state index contributed by atoms with van der Waals surface area (Å²) in [6.07, 6.45) is 1.91. The molecule has 0 heterocycles. The van der Waals surface area contributed by atoms with Gasteiger partial charge in [-0.3, -0.25) is 9.10 Å². The van der Waals surface area contributed by atoms with Crippen molar-refractivity contribution >= 4 is 21.6 Å². The van der Waals surface area contributed by atoms with E-state index >= 15 is 0 Å². The number of amides is 1. The van der Waals surface area contributed by atoms with Crippen molar-refractivity contribution in [3.63, 3.8) is 0 Å². The van der Waals surface area contributed by atoms with Crippen LogP contribution in [-0.2, 0) is 20.2 Å². The Labute approximate surface area is 181 Å². The van der Waals surface area contributed by atoms with Gasteiger partial charge < -0.3 is 5.32 Å². The molecule has 5 nitrogen and oxygen atoms in total. The molecule has 0 unspecified atom stereocenters. The molecule has 0 aliphatic carbocycles. The van der Waals surface area contributed by atoms with Gasteiger partial charge in [-0.2, -0.15) is 0 Å². The minimum atomic E-state index is -3.42. The molecular weight excluding hydrogens is 396 g/mol. The van der Waals surface area contributed by atoms with Crippen LogP contribution in [-0.4, -0.2) is 27.1 Å². The lowest BCUT2D eigenvalue weighted by atomic mass is 9.86. The number of carbonyl (C=O) groups excluding carboxylic acids is 1. The Kier molecular flexibility index (Phi) is 7.70. The lowest BCUT2D eigenvalue weighted by molar-refractivity contribution is -0.121. The first kappa shape index (κ1) is 23.9. The Balaban J connectivity index is 1.94. The van der Waals surface area contributed by atoms with E-state index in [2.05, 4.69) is 50.4 Å². The van der Waals surface area contributed by atoms with Crippen LogP contribution in [0.5, 0.6) is 0 Å². The third kappa shape index (κ3) is 6.59. The van der Waals surface area contributed by atoms with Crippen molar-refractivity contribution in [2.45, 2.75) is 58.9 Å². The van der Waals surface area contributed by atoms with Gasteiger partial charge in [-0.15, -0.1) is 0 Å². The zero-order valence-corrected chi connectivity index (χ0v) is 19.7. The number of para-hydroxylation sites is 1. The minimum Gasteiger partial charge on any atom is -0.350 e. The number of hydrogen-bond donors (Lipinski definition) is 1. The highest BCUT2D eigenvalue weighted by Crippen LogP contribution is 2.24. The maximum absolute atomic E-state index is 12.4. The fraction of sp³-hybridized carbons (Fsp3) is 0.458. The van der Waals surface area contributed by atoms with Gasteiger partial charge in [-0.05, 0) is 48.4 Å². The largest absolute Gasteiger partial charge is 0.350 e. The molecule has 0 aromatic heterocycles. The van der Waals surface area contributed by atoms with Gasteiger partial charge >= 0.3 is 0 Å². The van der Waals surface area contributed by atoms with Crippen LogP contribution < -0.4 is 9.62 Å². The number of benzene rings is 2. The predicted octanol–water partition coefficient (Wildman–Crippen LogP) is 4.72. The molecule has 30 heavy (non-hydrogen) atoms. The third-order valence-corrected chi connectivity index (χ3v) is 6.38. The third-order valence-electron chi connectivity index (χ3n) is 5.20. The normalized spacial score (nSPS) is 13.0. The summed E-state index contributed by atoms with van der Waals surface area (Å²) in [5.74, 6) is -0.0827. The van der Waals surface area contributed by atoms with Gasteiger partial charge in [0, 0.05) is 13.0 Å². The van der Waals surface area contributed by atoms with Crippen LogP contribution in [0.2, 0.25) is 0 Å². The van der Waals surface area contributed by atoms with Gasteiger partial charge in [0.05, 0.1) is 18.0 Å². The highest BCUT2D eigenvalue weighted by Gasteiger charge is 2.19. The first-order chi connectivity index (χ1) is 13.9. The molecule has 0 aliphatic heterocycles. The molecule has 1 atom stereocenters. The Morgan fingerprint density at radius 3 is 2.20 bits per heavy atom. The number of rotatable bonds is 8. The smallest absolute Gasteiger partial charge is 0.232 e. The van der Waals surface area contributed by atoms with E-state index in [4.69, 9.17) is 0 Å². The van der Waals surface area contributed by atoms with Crippen LogP contribution in [0, 0.1) is 6.92 Å². The van der Waals surface area contributed by atoms with E-state index in [-0.39, 0.29) is 30.3 Å². The second-order valence-electron chi connectivity index (χ2n) is 8.89. The number of carbonyl (C=O) groups is 1. The van der Waals surface area contributed by atoms with Crippen LogP contribution in [0.1, 0.15) is 63.3 Å². The molecule has 6 heteroatoms. The highest BCUT2D eigenvalue weighted by molar-refractivity contribution is 7.92. The van der Waals surface area contributed by atoms with Crippen molar-refractivity contribution < 1.29 is 13.2 Å². The van der Waals surface area contributed by atoms with Crippen LogP contribution in [0.25, 0.3) is 0 Å². The topological polar surface area (TPSA) is 66.5 Å². The number of nitrogens with zero attached hydrogens (tertiary/aromatic N) is 1. The number of sulfonamides is 1. The van der Waals surface area contributed by atoms with Gasteiger partial charge in [-0.1, -0.05) is 63.2 Å². The molecule has 0 fully saturated rings. The minimum absolute atomic E-state index is 0.0827. The van der Waals surface area contributed by atoms with Crippen molar-refractivity contribution in [1.29, 1.82) is 0 Å². The van der Waals surface area contributed by atoms with Crippen LogP contribution >= 0.6 is 0 Å².